The minimum atomic E-state index is -0.453. The first-order valence-electron chi connectivity index (χ1n) is 11.7. The molecule has 0 radical (unpaired) electrons. The van der Waals surface area contributed by atoms with Crippen LogP contribution in [0.4, 0.5) is 5.69 Å². The van der Waals surface area contributed by atoms with Crippen LogP contribution in [0.5, 0.6) is 11.5 Å². The van der Waals surface area contributed by atoms with Crippen molar-refractivity contribution < 1.29 is 23.9 Å². The number of amides is 2. The van der Waals surface area contributed by atoms with E-state index in [2.05, 4.69) is 37.5 Å². The predicted octanol–water partition coefficient (Wildman–Crippen LogP) is 5.17. The van der Waals surface area contributed by atoms with Gasteiger partial charge in [-0.15, -0.1) is 0 Å². The first-order chi connectivity index (χ1) is 17.0. The van der Waals surface area contributed by atoms with E-state index in [9.17, 15) is 14.4 Å². The highest BCUT2D eigenvalue weighted by molar-refractivity contribution is 5.95. The zero-order chi connectivity index (χ0) is 26.3. The van der Waals surface area contributed by atoms with Gasteiger partial charge in [0.05, 0.1) is 0 Å². The summed E-state index contributed by atoms with van der Waals surface area (Å²) in [6.45, 7) is 9.79. The Morgan fingerprint density at radius 3 is 2.39 bits per heavy atom. The Morgan fingerprint density at radius 2 is 1.67 bits per heavy atom. The van der Waals surface area contributed by atoms with Gasteiger partial charge in [-0.2, -0.15) is 0 Å². The Bertz CT molecular complexity index is 1260. The van der Waals surface area contributed by atoms with Crippen LogP contribution in [-0.4, -0.2) is 24.4 Å². The molecule has 0 aliphatic carbocycles. The average Bonchev–Trinajstić information content (AvgIpc) is 2.81. The van der Waals surface area contributed by atoms with Crippen molar-refractivity contribution in [2.45, 2.75) is 46.6 Å². The fourth-order valence-corrected chi connectivity index (χ4v) is 3.61. The molecule has 3 rings (SSSR count). The SMILES string of the molecule is CC(=O)Oc1cccc(C(=O)NCc2cccc(NC(=O)COc3ccc(C)cc3C(C)(C)C)c2)c1. The summed E-state index contributed by atoms with van der Waals surface area (Å²) in [5.41, 5.74) is 3.86. The van der Waals surface area contributed by atoms with Crippen LogP contribution in [-0.2, 0) is 21.5 Å². The third kappa shape index (κ3) is 7.70. The summed E-state index contributed by atoms with van der Waals surface area (Å²) in [5, 5.41) is 5.67. The largest absolute Gasteiger partial charge is 0.483 e. The van der Waals surface area contributed by atoms with E-state index >= 15 is 0 Å². The van der Waals surface area contributed by atoms with Crippen LogP contribution in [0.3, 0.4) is 0 Å². The lowest BCUT2D eigenvalue weighted by Gasteiger charge is -2.23. The highest BCUT2D eigenvalue weighted by Gasteiger charge is 2.20. The van der Waals surface area contributed by atoms with Crippen LogP contribution < -0.4 is 20.1 Å². The quantitative estimate of drug-likeness (QED) is 0.337. The van der Waals surface area contributed by atoms with Crippen molar-refractivity contribution in [1.29, 1.82) is 0 Å². The maximum Gasteiger partial charge on any atom is 0.308 e. The number of esters is 1. The molecule has 0 unspecified atom stereocenters. The number of aryl methyl sites for hydroxylation is 1. The molecule has 0 atom stereocenters. The molecule has 0 aliphatic heterocycles. The van der Waals surface area contributed by atoms with Crippen LogP contribution in [0.2, 0.25) is 0 Å². The summed E-state index contributed by atoms with van der Waals surface area (Å²) in [7, 11) is 0. The number of anilines is 1. The standard InChI is InChI=1S/C29H32N2O5/c1-19-12-13-26(25(14-19)29(3,4)5)35-18-27(33)31-23-10-6-8-21(15-23)17-30-28(34)22-9-7-11-24(16-22)36-20(2)32/h6-16H,17-18H2,1-5H3,(H,30,34)(H,31,33). The van der Waals surface area contributed by atoms with Gasteiger partial charge in [-0.25, -0.2) is 0 Å². The molecule has 36 heavy (non-hydrogen) atoms. The first-order valence-corrected chi connectivity index (χ1v) is 11.7. The topological polar surface area (TPSA) is 93.7 Å². The van der Waals surface area contributed by atoms with E-state index in [-0.39, 0.29) is 30.4 Å². The number of hydrogen-bond acceptors (Lipinski definition) is 5. The van der Waals surface area contributed by atoms with E-state index in [1.54, 1.807) is 36.4 Å². The smallest absolute Gasteiger partial charge is 0.308 e. The molecule has 0 saturated carbocycles. The zero-order valence-electron chi connectivity index (χ0n) is 21.3. The normalized spacial score (nSPS) is 10.9. The van der Waals surface area contributed by atoms with E-state index in [4.69, 9.17) is 9.47 Å². The molecule has 2 amide bonds. The number of hydrogen-bond donors (Lipinski definition) is 2. The maximum atomic E-state index is 12.5. The third-order valence-corrected chi connectivity index (χ3v) is 5.32. The molecule has 0 aliphatic rings. The van der Waals surface area contributed by atoms with Crippen molar-refractivity contribution >= 4 is 23.5 Å². The predicted molar refractivity (Wildman–Crippen MR) is 139 cm³/mol. The summed E-state index contributed by atoms with van der Waals surface area (Å²) in [6.07, 6.45) is 0. The monoisotopic (exact) mass is 488 g/mol. The summed E-state index contributed by atoms with van der Waals surface area (Å²) < 4.78 is 10.9. The molecular weight excluding hydrogens is 456 g/mol. The van der Waals surface area contributed by atoms with Gasteiger partial charge in [0, 0.05) is 24.7 Å². The van der Waals surface area contributed by atoms with E-state index in [1.165, 1.54) is 13.0 Å². The van der Waals surface area contributed by atoms with Crippen LogP contribution in [0.15, 0.2) is 66.7 Å². The van der Waals surface area contributed by atoms with Crippen molar-refractivity contribution in [3.63, 3.8) is 0 Å². The summed E-state index contributed by atoms with van der Waals surface area (Å²) in [6, 6.07) is 19.6. The first kappa shape index (κ1) is 26.5. The van der Waals surface area contributed by atoms with Gasteiger partial charge in [-0.3, -0.25) is 14.4 Å². The van der Waals surface area contributed by atoms with Gasteiger partial charge in [-0.05, 0) is 59.9 Å². The molecule has 0 spiro atoms. The van der Waals surface area contributed by atoms with Crippen LogP contribution in [0, 0.1) is 6.92 Å². The maximum absolute atomic E-state index is 12.5. The molecule has 2 N–H and O–H groups in total. The molecule has 0 saturated heterocycles. The lowest BCUT2D eigenvalue weighted by molar-refractivity contribution is -0.131. The second-order valence-corrected chi connectivity index (χ2v) is 9.59. The minimum Gasteiger partial charge on any atom is -0.483 e. The lowest BCUT2D eigenvalue weighted by Crippen LogP contribution is -2.23. The minimum absolute atomic E-state index is 0.113. The van der Waals surface area contributed by atoms with Crippen LogP contribution in [0.25, 0.3) is 0 Å². The molecule has 0 bridgehead atoms. The molecule has 7 nitrogen and oxygen atoms in total. The fourth-order valence-electron chi connectivity index (χ4n) is 3.61. The molecule has 0 fully saturated rings. The molecule has 3 aromatic rings. The van der Waals surface area contributed by atoms with Gasteiger partial charge in [0.1, 0.15) is 11.5 Å². The molecule has 3 aromatic carbocycles. The van der Waals surface area contributed by atoms with Gasteiger partial charge in [0.15, 0.2) is 6.61 Å². The van der Waals surface area contributed by atoms with E-state index in [1.807, 2.05) is 25.1 Å². The highest BCUT2D eigenvalue weighted by atomic mass is 16.5. The van der Waals surface area contributed by atoms with Crippen molar-refractivity contribution in [3.8, 4) is 11.5 Å². The van der Waals surface area contributed by atoms with Gasteiger partial charge >= 0.3 is 5.97 Å². The second kappa shape index (κ2) is 11.5. The molecule has 0 aromatic heterocycles. The third-order valence-electron chi connectivity index (χ3n) is 5.32. The summed E-state index contributed by atoms with van der Waals surface area (Å²) in [5.74, 6) is -0.0383. The number of carbonyl (C=O) groups is 3. The van der Waals surface area contributed by atoms with Crippen molar-refractivity contribution in [2.24, 2.45) is 0 Å². The van der Waals surface area contributed by atoms with Crippen molar-refractivity contribution in [2.75, 3.05) is 11.9 Å². The van der Waals surface area contributed by atoms with Crippen molar-refractivity contribution in [3.05, 3.63) is 89.0 Å². The molecule has 0 heterocycles. The van der Waals surface area contributed by atoms with E-state index in [0.29, 0.717) is 22.7 Å². The second-order valence-electron chi connectivity index (χ2n) is 9.59. The number of ether oxygens (including phenoxy) is 2. The molecular formula is C29H32N2O5. The van der Waals surface area contributed by atoms with Gasteiger partial charge in [0.2, 0.25) is 0 Å². The lowest BCUT2D eigenvalue weighted by atomic mass is 9.85. The number of benzene rings is 3. The summed E-state index contributed by atoms with van der Waals surface area (Å²) in [4.78, 5) is 36.2. The Labute approximate surface area is 211 Å². The molecule has 7 heteroatoms. The van der Waals surface area contributed by atoms with Crippen LogP contribution in [0.1, 0.15) is 54.7 Å². The zero-order valence-corrected chi connectivity index (χ0v) is 21.3. The fraction of sp³-hybridized carbons (Fsp3) is 0.276. The van der Waals surface area contributed by atoms with E-state index in [0.717, 1.165) is 16.7 Å². The number of carbonyl (C=O) groups excluding carboxylic acids is 3. The van der Waals surface area contributed by atoms with Gasteiger partial charge < -0.3 is 20.1 Å². The van der Waals surface area contributed by atoms with E-state index < -0.39 is 5.97 Å². The Morgan fingerprint density at radius 1 is 0.917 bits per heavy atom. The molecule has 188 valence electrons. The van der Waals surface area contributed by atoms with Crippen molar-refractivity contribution in [1.82, 2.24) is 5.32 Å². The Hall–Kier alpha value is -4.13. The van der Waals surface area contributed by atoms with Gasteiger partial charge in [-0.1, -0.05) is 56.7 Å². The highest BCUT2D eigenvalue weighted by Crippen LogP contribution is 2.32. The van der Waals surface area contributed by atoms with Gasteiger partial charge in [0.25, 0.3) is 11.8 Å². The average molecular weight is 489 g/mol. The summed E-state index contributed by atoms with van der Waals surface area (Å²) >= 11 is 0. The van der Waals surface area contributed by atoms with Crippen LogP contribution >= 0.6 is 0 Å². The number of nitrogens with one attached hydrogen (secondary N) is 2. The number of rotatable bonds is 8. The Kier molecular flexibility index (Phi) is 8.48. The Balaban J connectivity index is 1.57.